The van der Waals surface area contributed by atoms with Crippen molar-refractivity contribution in [3.63, 3.8) is 0 Å². The van der Waals surface area contributed by atoms with Crippen molar-refractivity contribution in [2.75, 3.05) is 12.4 Å². The number of anilines is 1. The van der Waals surface area contributed by atoms with Gasteiger partial charge in [-0.05, 0) is 56.2 Å². The molecule has 1 N–H and O–H groups in total. The molecule has 6 nitrogen and oxygen atoms in total. The van der Waals surface area contributed by atoms with Crippen LogP contribution in [0.3, 0.4) is 0 Å². The number of ketones is 1. The number of benzene rings is 2. The van der Waals surface area contributed by atoms with Crippen LogP contribution >= 0.6 is 0 Å². The maximum absolute atomic E-state index is 12.8. The molecule has 0 bridgehead atoms. The molecule has 28 heavy (non-hydrogen) atoms. The molecular formula is C21H24N2O4S. The molecule has 0 unspecified atom stereocenters. The highest BCUT2D eigenvalue weighted by Gasteiger charge is 2.30. The van der Waals surface area contributed by atoms with Gasteiger partial charge in [0.05, 0.1) is 4.90 Å². The molecular weight excluding hydrogens is 376 g/mol. The first-order chi connectivity index (χ1) is 13.3. The molecule has 0 atom stereocenters. The summed E-state index contributed by atoms with van der Waals surface area (Å²) in [6.45, 7) is 1.46. The molecule has 0 aliphatic heterocycles. The Bertz CT molecular complexity index is 978. The second kappa shape index (κ2) is 8.24. The van der Waals surface area contributed by atoms with E-state index in [1.54, 1.807) is 31.3 Å². The van der Waals surface area contributed by atoms with E-state index >= 15 is 0 Å². The lowest BCUT2D eigenvalue weighted by molar-refractivity contribution is 0.101. The first kappa shape index (κ1) is 20.2. The van der Waals surface area contributed by atoms with Crippen molar-refractivity contribution in [2.45, 2.75) is 43.5 Å². The Hall–Kier alpha value is -2.51. The second-order valence-corrected chi connectivity index (χ2v) is 9.07. The van der Waals surface area contributed by atoms with E-state index in [4.69, 9.17) is 0 Å². The van der Waals surface area contributed by atoms with E-state index < -0.39 is 10.0 Å². The molecule has 1 fully saturated rings. The average Bonchev–Trinajstić information content (AvgIpc) is 3.22. The summed E-state index contributed by atoms with van der Waals surface area (Å²) in [7, 11) is -1.96. The molecule has 1 aliphatic carbocycles. The molecule has 1 saturated carbocycles. The van der Waals surface area contributed by atoms with E-state index in [1.807, 2.05) is 0 Å². The fourth-order valence-electron chi connectivity index (χ4n) is 3.43. The maximum Gasteiger partial charge on any atom is 0.255 e. The van der Waals surface area contributed by atoms with Crippen molar-refractivity contribution in [1.82, 2.24) is 4.31 Å². The Morgan fingerprint density at radius 1 is 1.00 bits per heavy atom. The fraction of sp³-hybridized carbons (Fsp3) is 0.333. The van der Waals surface area contributed by atoms with Crippen molar-refractivity contribution in [3.05, 3.63) is 59.7 Å². The van der Waals surface area contributed by atoms with E-state index in [2.05, 4.69) is 5.32 Å². The Balaban J connectivity index is 1.74. The third-order valence-electron chi connectivity index (χ3n) is 5.16. The van der Waals surface area contributed by atoms with Crippen LogP contribution < -0.4 is 5.32 Å². The van der Waals surface area contributed by atoms with Gasteiger partial charge in [0, 0.05) is 29.9 Å². The van der Waals surface area contributed by atoms with Crippen LogP contribution in [0.4, 0.5) is 5.69 Å². The van der Waals surface area contributed by atoms with E-state index in [9.17, 15) is 18.0 Å². The number of carbonyl (C=O) groups is 2. The van der Waals surface area contributed by atoms with Crippen LogP contribution in [-0.4, -0.2) is 37.5 Å². The zero-order valence-electron chi connectivity index (χ0n) is 16.0. The van der Waals surface area contributed by atoms with Gasteiger partial charge >= 0.3 is 0 Å². The smallest absolute Gasteiger partial charge is 0.255 e. The monoisotopic (exact) mass is 400 g/mol. The van der Waals surface area contributed by atoms with Gasteiger partial charge in [0.15, 0.2) is 5.78 Å². The van der Waals surface area contributed by atoms with Gasteiger partial charge in [-0.1, -0.05) is 25.0 Å². The summed E-state index contributed by atoms with van der Waals surface area (Å²) in [6.07, 6.45) is 3.87. The number of hydrogen-bond donors (Lipinski definition) is 1. The Morgan fingerprint density at radius 2 is 1.64 bits per heavy atom. The number of Topliss-reactive ketones (excluding diaryl/α,β-unsaturated/α-hetero) is 1. The third-order valence-corrected chi connectivity index (χ3v) is 7.08. The van der Waals surface area contributed by atoms with Crippen LogP contribution in [0.15, 0.2) is 53.4 Å². The summed E-state index contributed by atoms with van der Waals surface area (Å²) in [4.78, 5) is 24.1. The molecule has 0 heterocycles. The summed E-state index contributed by atoms with van der Waals surface area (Å²) in [5.74, 6) is -0.453. The van der Waals surface area contributed by atoms with Gasteiger partial charge < -0.3 is 5.32 Å². The Morgan fingerprint density at radius 3 is 2.25 bits per heavy atom. The van der Waals surface area contributed by atoms with Crippen LogP contribution in [0, 0.1) is 0 Å². The van der Waals surface area contributed by atoms with Crippen LogP contribution in [-0.2, 0) is 10.0 Å². The normalized spacial score (nSPS) is 15.0. The van der Waals surface area contributed by atoms with E-state index in [-0.39, 0.29) is 22.6 Å². The number of sulfonamides is 1. The van der Waals surface area contributed by atoms with E-state index in [0.29, 0.717) is 16.8 Å². The predicted octanol–water partition coefficient (Wildman–Crippen LogP) is 3.70. The first-order valence-electron chi connectivity index (χ1n) is 9.29. The van der Waals surface area contributed by atoms with E-state index in [0.717, 1.165) is 25.7 Å². The summed E-state index contributed by atoms with van der Waals surface area (Å²) < 4.78 is 27.0. The first-order valence-corrected chi connectivity index (χ1v) is 10.7. The van der Waals surface area contributed by atoms with Gasteiger partial charge in [-0.3, -0.25) is 9.59 Å². The van der Waals surface area contributed by atoms with Crippen molar-refractivity contribution in [1.29, 1.82) is 0 Å². The third kappa shape index (κ3) is 4.31. The Kier molecular flexibility index (Phi) is 5.96. The molecule has 2 aromatic rings. The van der Waals surface area contributed by atoms with Crippen LogP contribution in [0.1, 0.15) is 53.3 Å². The standard InChI is InChI=1S/C21H24N2O4S/c1-15(24)17-6-5-7-18(14-17)22-21(25)16-10-12-20(13-11-16)28(26,27)23(2)19-8-3-4-9-19/h5-7,10-14,19H,3-4,8-9H2,1-2H3,(H,22,25). The topological polar surface area (TPSA) is 83.5 Å². The highest BCUT2D eigenvalue weighted by Crippen LogP contribution is 2.27. The molecule has 1 amide bonds. The highest BCUT2D eigenvalue weighted by atomic mass is 32.2. The molecule has 1 aliphatic rings. The largest absolute Gasteiger partial charge is 0.322 e. The Labute approximate surface area is 165 Å². The minimum atomic E-state index is -3.57. The number of nitrogens with one attached hydrogen (secondary N) is 1. The molecule has 0 spiro atoms. The zero-order chi connectivity index (χ0) is 20.3. The second-order valence-electron chi connectivity index (χ2n) is 7.08. The number of nitrogens with zero attached hydrogens (tertiary/aromatic N) is 1. The van der Waals surface area contributed by atoms with Crippen molar-refractivity contribution in [2.24, 2.45) is 0 Å². The number of hydrogen-bond acceptors (Lipinski definition) is 4. The van der Waals surface area contributed by atoms with Crippen LogP contribution in [0.2, 0.25) is 0 Å². The lowest BCUT2D eigenvalue weighted by Crippen LogP contribution is -2.35. The zero-order valence-corrected chi connectivity index (χ0v) is 16.8. The van der Waals surface area contributed by atoms with Crippen molar-refractivity contribution >= 4 is 27.4 Å². The van der Waals surface area contributed by atoms with Crippen molar-refractivity contribution in [3.8, 4) is 0 Å². The molecule has 148 valence electrons. The van der Waals surface area contributed by atoms with Crippen LogP contribution in [0.25, 0.3) is 0 Å². The van der Waals surface area contributed by atoms with Gasteiger partial charge in [-0.15, -0.1) is 0 Å². The summed E-state index contributed by atoms with van der Waals surface area (Å²) in [5.41, 5.74) is 1.36. The van der Waals surface area contributed by atoms with Gasteiger partial charge in [0.2, 0.25) is 10.0 Å². The molecule has 0 saturated heterocycles. The predicted molar refractivity (Wildman–Crippen MR) is 108 cm³/mol. The number of rotatable bonds is 6. The molecule has 0 aromatic heterocycles. The minimum absolute atomic E-state index is 0.0431. The lowest BCUT2D eigenvalue weighted by Gasteiger charge is -2.23. The van der Waals surface area contributed by atoms with Gasteiger partial charge in [0.1, 0.15) is 0 Å². The quantitative estimate of drug-likeness (QED) is 0.750. The molecule has 3 rings (SSSR count). The number of amides is 1. The maximum atomic E-state index is 12.8. The molecule has 2 aromatic carbocycles. The van der Waals surface area contributed by atoms with E-state index in [1.165, 1.54) is 35.5 Å². The van der Waals surface area contributed by atoms with Gasteiger partial charge in [0.25, 0.3) is 5.91 Å². The van der Waals surface area contributed by atoms with Crippen molar-refractivity contribution < 1.29 is 18.0 Å². The minimum Gasteiger partial charge on any atom is -0.322 e. The van der Waals surface area contributed by atoms with Crippen LogP contribution in [0.5, 0.6) is 0 Å². The summed E-state index contributed by atoms with van der Waals surface area (Å²) in [6, 6.07) is 12.6. The number of carbonyl (C=O) groups excluding carboxylic acids is 2. The highest BCUT2D eigenvalue weighted by molar-refractivity contribution is 7.89. The SMILES string of the molecule is CC(=O)c1cccc(NC(=O)c2ccc(S(=O)(=O)N(C)C3CCCC3)cc2)c1. The molecule has 0 radical (unpaired) electrons. The summed E-state index contributed by atoms with van der Waals surface area (Å²) >= 11 is 0. The summed E-state index contributed by atoms with van der Waals surface area (Å²) in [5, 5.41) is 2.73. The fourth-order valence-corrected chi connectivity index (χ4v) is 4.84. The van der Waals surface area contributed by atoms with Gasteiger partial charge in [-0.25, -0.2) is 8.42 Å². The lowest BCUT2D eigenvalue weighted by atomic mass is 10.1. The molecule has 7 heteroatoms. The van der Waals surface area contributed by atoms with Gasteiger partial charge in [-0.2, -0.15) is 4.31 Å². The average molecular weight is 401 g/mol.